The summed E-state index contributed by atoms with van der Waals surface area (Å²) < 4.78 is 5.81. The number of carbonyl (C=O) groups is 2. The SMILES string of the molecule is CC1CC(C)CN(C(C)(C)CNC(=O)CCCOc2ccc3c(c2)CCC(=O)N3)C1. The standard InChI is InChI=1S/C24H37N3O3/c1-17-12-18(2)15-27(14-17)24(3,4)16-25-22(28)6-5-11-30-20-8-9-21-19(13-20)7-10-23(29)26-21/h8-9,13,17-18H,5-7,10-12,14-16H2,1-4H3,(H,25,28)(H,26,29). The van der Waals surface area contributed by atoms with Crippen LogP contribution in [0.15, 0.2) is 18.2 Å². The van der Waals surface area contributed by atoms with Crippen LogP contribution in [0.1, 0.15) is 58.9 Å². The van der Waals surface area contributed by atoms with Crippen molar-refractivity contribution in [2.45, 2.75) is 65.3 Å². The average molecular weight is 416 g/mol. The zero-order valence-corrected chi connectivity index (χ0v) is 18.9. The number of aryl methyl sites for hydroxylation is 1. The maximum absolute atomic E-state index is 12.3. The Bertz CT molecular complexity index is 752. The van der Waals surface area contributed by atoms with Gasteiger partial charge in [0.1, 0.15) is 5.75 Å². The molecule has 1 aromatic carbocycles. The maximum atomic E-state index is 12.3. The first-order valence-electron chi connectivity index (χ1n) is 11.3. The fraction of sp³-hybridized carbons (Fsp3) is 0.667. The summed E-state index contributed by atoms with van der Waals surface area (Å²) in [5, 5.41) is 5.99. The molecule has 2 N–H and O–H groups in total. The molecule has 0 spiro atoms. The van der Waals surface area contributed by atoms with E-state index in [1.165, 1.54) is 6.42 Å². The van der Waals surface area contributed by atoms with E-state index in [1.54, 1.807) is 0 Å². The van der Waals surface area contributed by atoms with Gasteiger partial charge in [-0.2, -0.15) is 0 Å². The Hall–Kier alpha value is -2.08. The average Bonchev–Trinajstić information content (AvgIpc) is 2.69. The zero-order valence-electron chi connectivity index (χ0n) is 18.9. The Balaban J connectivity index is 1.36. The number of carbonyl (C=O) groups excluding carboxylic acids is 2. The van der Waals surface area contributed by atoms with E-state index < -0.39 is 0 Å². The van der Waals surface area contributed by atoms with Crippen molar-refractivity contribution >= 4 is 17.5 Å². The molecule has 2 aliphatic rings. The van der Waals surface area contributed by atoms with Crippen LogP contribution in [0.2, 0.25) is 0 Å². The number of ether oxygens (including phenoxy) is 1. The maximum Gasteiger partial charge on any atom is 0.224 e. The molecule has 0 radical (unpaired) electrons. The quantitative estimate of drug-likeness (QED) is 0.637. The first-order chi connectivity index (χ1) is 14.2. The van der Waals surface area contributed by atoms with Gasteiger partial charge in [0.05, 0.1) is 6.61 Å². The molecule has 2 atom stereocenters. The van der Waals surface area contributed by atoms with Crippen LogP contribution in [0.3, 0.4) is 0 Å². The number of anilines is 1. The molecule has 2 amide bonds. The van der Waals surface area contributed by atoms with Crippen molar-refractivity contribution in [3.63, 3.8) is 0 Å². The Labute approximate surface area is 180 Å². The third kappa shape index (κ3) is 6.21. The van der Waals surface area contributed by atoms with Gasteiger partial charge in [-0.3, -0.25) is 14.5 Å². The van der Waals surface area contributed by atoms with Gasteiger partial charge in [-0.25, -0.2) is 0 Å². The minimum Gasteiger partial charge on any atom is -0.494 e. The Morgan fingerprint density at radius 3 is 2.70 bits per heavy atom. The fourth-order valence-corrected chi connectivity index (χ4v) is 4.54. The van der Waals surface area contributed by atoms with Crippen LogP contribution in [0, 0.1) is 11.8 Å². The van der Waals surface area contributed by atoms with Gasteiger partial charge in [-0.1, -0.05) is 13.8 Å². The molecule has 0 aromatic heterocycles. The molecule has 0 bridgehead atoms. The van der Waals surface area contributed by atoms with Crippen LogP contribution in [0.4, 0.5) is 5.69 Å². The Morgan fingerprint density at radius 2 is 1.97 bits per heavy atom. The predicted octanol–water partition coefficient (Wildman–Crippen LogP) is 3.60. The van der Waals surface area contributed by atoms with E-state index in [-0.39, 0.29) is 17.4 Å². The minimum absolute atomic E-state index is 0.0341. The summed E-state index contributed by atoms with van der Waals surface area (Å²) in [6, 6.07) is 5.74. The van der Waals surface area contributed by atoms with Crippen molar-refractivity contribution in [1.29, 1.82) is 0 Å². The number of benzene rings is 1. The molecule has 0 saturated carbocycles. The molecule has 2 heterocycles. The second kappa shape index (κ2) is 9.82. The van der Waals surface area contributed by atoms with E-state index in [0.717, 1.165) is 36.5 Å². The lowest BCUT2D eigenvalue weighted by molar-refractivity contribution is -0.122. The van der Waals surface area contributed by atoms with Crippen molar-refractivity contribution < 1.29 is 14.3 Å². The second-order valence-corrected chi connectivity index (χ2v) is 9.76. The van der Waals surface area contributed by atoms with Crippen LogP contribution in [-0.4, -0.2) is 48.5 Å². The summed E-state index contributed by atoms with van der Waals surface area (Å²) in [5.74, 6) is 2.36. The molecule has 1 saturated heterocycles. The molecular weight excluding hydrogens is 378 g/mol. The monoisotopic (exact) mass is 415 g/mol. The number of amides is 2. The van der Waals surface area contributed by atoms with Crippen molar-refractivity contribution in [2.24, 2.45) is 11.8 Å². The fourth-order valence-electron chi connectivity index (χ4n) is 4.54. The molecule has 6 heteroatoms. The number of fused-ring (bicyclic) bond motifs is 1. The molecule has 0 aliphatic carbocycles. The van der Waals surface area contributed by atoms with Crippen molar-refractivity contribution in [3.05, 3.63) is 23.8 Å². The topological polar surface area (TPSA) is 70.7 Å². The smallest absolute Gasteiger partial charge is 0.224 e. The molecule has 1 aromatic rings. The summed E-state index contributed by atoms with van der Waals surface area (Å²) in [6.07, 6.45) is 3.69. The van der Waals surface area contributed by atoms with Gasteiger partial charge in [0.25, 0.3) is 0 Å². The largest absolute Gasteiger partial charge is 0.494 e. The molecule has 166 valence electrons. The van der Waals surface area contributed by atoms with Crippen LogP contribution >= 0.6 is 0 Å². The van der Waals surface area contributed by atoms with E-state index >= 15 is 0 Å². The summed E-state index contributed by atoms with van der Waals surface area (Å²) >= 11 is 0. The van der Waals surface area contributed by atoms with Gasteiger partial charge in [0.15, 0.2) is 0 Å². The molecule has 2 unspecified atom stereocenters. The Kier molecular flexibility index (Phi) is 7.40. The number of rotatable bonds is 8. The summed E-state index contributed by atoms with van der Waals surface area (Å²) in [7, 11) is 0. The summed E-state index contributed by atoms with van der Waals surface area (Å²) in [5.41, 5.74) is 1.94. The van der Waals surface area contributed by atoms with Crippen LogP contribution in [-0.2, 0) is 16.0 Å². The normalized spacial score (nSPS) is 22.2. The van der Waals surface area contributed by atoms with E-state index in [4.69, 9.17) is 4.74 Å². The highest BCUT2D eigenvalue weighted by molar-refractivity contribution is 5.94. The molecular formula is C24H37N3O3. The van der Waals surface area contributed by atoms with Gasteiger partial charge in [0, 0.05) is 43.7 Å². The molecule has 1 fully saturated rings. The lowest BCUT2D eigenvalue weighted by Crippen LogP contribution is -2.56. The number of hydrogen-bond donors (Lipinski definition) is 2. The molecule has 6 nitrogen and oxygen atoms in total. The highest BCUT2D eigenvalue weighted by Gasteiger charge is 2.32. The number of hydrogen-bond acceptors (Lipinski definition) is 4. The lowest BCUT2D eigenvalue weighted by atomic mass is 9.88. The number of nitrogens with one attached hydrogen (secondary N) is 2. The highest BCUT2D eigenvalue weighted by Crippen LogP contribution is 2.28. The van der Waals surface area contributed by atoms with Crippen molar-refractivity contribution in [1.82, 2.24) is 10.2 Å². The summed E-state index contributed by atoms with van der Waals surface area (Å²) in [4.78, 5) is 26.3. The number of piperidine rings is 1. The van der Waals surface area contributed by atoms with Crippen molar-refractivity contribution in [2.75, 3.05) is 31.6 Å². The Morgan fingerprint density at radius 1 is 1.23 bits per heavy atom. The van der Waals surface area contributed by atoms with Crippen molar-refractivity contribution in [3.8, 4) is 5.75 Å². The predicted molar refractivity (Wildman–Crippen MR) is 120 cm³/mol. The lowest BCUT2D eigenvalue weighted by Gasteiger charge is -2.45. The van der Waals surface area contributed by atoms with Gasteiger partial charge in [-0.15, -0.1) is 0 Å². The summed E-state index contributed by atoms with van der Waals surface area (Å²) in [6.45, 7) is 12.5. The first kappa shape index (κ1) is 22.6. The molecule has 3 rings (SSSR count). The number of nitrogens with zero attached hydrogens (tertiary/aromatic N) is 1. The minimum atomic E-state index is -0.0341. The van der Waals surface area contributed by atoms with E-state index in [2.05, 4.69) is 43.2 Å². The van der Waals surface area contributed by atoms with Crippen LogP contribution in [0.5, 0.6) is 5.75 Å². The van der Waals surface area contributed by atoms with Crippen LogP contribution < -0.4 is 15.4 Å². The second-order valence-electron chi connectivity index (χ2n) is 9.76. The highest BCUT2D eigenvalue weighted by atomic mass is 16.5. The molecule has 30 heavy (non-hydrogen) atoms. The third-order valence-corrected chi connectivity index (χ3v) is 6.23. The molecule has 2 aliphatic heterocycles. The van der Waals surface area contributed by atoms with E-state index in [0.29, 0.717) is 44.2 Å². The van der Waals surface area contributed by atoms with Gasteiger partial charge in [-0.05, 0) is 68.7 Å². The number of likely N-dealkylation sites (tertiary alicyclic amines) is 1. The van der Waals surface area contributed by atoms with E-state index in [1.807, 2.05) is 18.2 Å². The first-order valence-corrected chi connectivity index (χ1v) is 11.3. The van der Waals surface area contributed by atoms with Crippen LogP contribution in [0.25, 0.3) is 0 Å². The zero-order chi connectivity index (χ0) is 21.7. The third-order valence-electron chi connectivity index (χ3n) is 6.23. The van der Waals surface area contributed by atoms with Gasteiger partial charge in [0.2, 0.25) is 11.8 Å². The van der Waals surface area contributed by atoms with E-state index in [9.17, 15) is 9.59 Å². The van der Waals surface area contributed by atoms with Gasteiger partial charge >= 0.3 is 0 Å². The van der Waals surface area contributed by atoms with Gasteiger partial charge < -0.3 is 15.4 Å².